The second kappa shape index (κ2) is 12.1. The molecule has 0 aromatic carbocycles. The van der Waals surface area contributed by atoms with E-state index in [2.05, 4.69) is 6.92 Å². The zero-order valence-corrected chi connectivity index (χ0v) is 15.4. The number of hydrogen-bond acceptors (Lipinski definition) is 4. The van der Waals surface area contributed by atoms with E-state index >= 15 is 0 Å². The Hall–Kier alpha value is -1.32. The Morgan fingerprint density at radius 3 is 2.08 bits per heavy atom. The molecule has 1 rings (SSSR count). The lowest BCUT2D eigenvalue weighted by Gasteiger charge is -2.23. The molecular formula is C20H34O4. The summed E-state index contributed by atoms with van der Waals surface area (Å²) in [7, 11) is 0. The molecule has 24 heavy (non-hydrogen) atoms. The summed E-state index contributed by atoms with van der Waals surface area (Å²) in [5.41, 5.74) is -0.125. The van der Waals surface area contributed by atoms with Crippen LogP contribution < -0.4 is 0 Å². The van der Waals surface area contributed by atoms with Gasteiger partial charge in [-0.25, -0.2) is 4.79 Å². The largest absolute Gasteiger partial charge is 0.511 e. The Kier molecular flexibility index (Phi) is 10.4. The quantitative estimate of drug-likeness (QED) is 0.170. The van der Waals surface area contributed by atoms with E-state index in [1.165, 1.54) is 44.9 Å². The van der Waals surface area contributed by atoms with Crippen LogP contribution in [0.1, 0.15) is 97.3 Å². The maximum atomic E-state index is 12.1. The first kappa shape index (κ1) is 20.7. The first-order valence-corrected chi connectivity index (χ1v) is 9.76. The number of rotatable bonds is 12. The average Bonchev–Trinajstić information content (AvgIpc) is 2.53. The number of carbonyl (C=O) groups excluding carboxylic acids is 2. The fourth-order valence-electron chi connectivity index (χ4n) is 3.16. The van der Waals surface area contributed by atoms with Crippen molar-refractivity contribution in [1.82, 2.24) is 0 Å². The third-order valence-corrected chi connectivity index (χ3v) is 4.57. The highest BCUT2D eigenvalue weighted by molar-refractivity contribution is 6.19. The van der Waals surface area contributed by atoms with Crippen LogP contribution in [-0.2, 0) is 14.3 Å². The number of ketones is 1. The van der Waals surface area contributed by atoms with Crippen LogP contribution in [0, 0.1) is 0 Å². The smallest absolute Gasteiger partial charge is 0.345 e. The van der Waals surface area contributed by atoms with Gasteiger partial charge >= 0.3 is 5.97 Å². The fourth-order valence-corrected chi connectivity index (χ4v) is 3.16. The minimum Gasteiger partial charge on any atom is -0.511 e. The van der Waals surface area contributed by atoms with Gasteiger partial charge in [0.15, 0.2) is 5.78 Å². The van der Waals surface area contributed by atoms with Gasteiger partial charge in [0.1, 0.15) is 17.4 Å². The van der Waals surface area contributed by atoms with Crippen LogP contribution in [0.15, 0.2) is 11.3 Å². The van der Waals surface area contributed by atoms with Gasteiger partial charge in [-0.1, -0.05) is 65.2 Å². The van der Waals surface area contributed by atoms with Crippen LogP contribution in [-0.4, -0.2) is 23.0 Å². The van der Waals surface area contributed by atoms with Crippen molar-refractivity contribution in [2.75, 3.05) is 0 Å². The topological polar surface area (TPSA) is 63.6 Å². The van der Waals surface area contributed by atoms with Crippen molar-refractivity contribution in [3.63, 3.8) is 0 Å². The predicted octanol–water partition coefficient (Wildman–Crippen LogP) is 5.40. The summed E-state index contributed by atoms with van der Waals surface area (Å²) in [5, 5.41) is 9.81. The van der Waals surface area contributed by atoms with Crippen molar-refractivity contribution in [3.8, 4) is 0 Å². The van der Waals surface area contributed by atoms with E-state index in [-0.39, 0.29) is 29.6 Å². The molecule has 0 bridgehead atoms. The number of carbonyl (C=O) groups is 2. The molecule has 0 amide bonds. The van der Waals surface area contributed by atoms with Crippen molar-refractivity contribution < 1.29 is 19.4 Å². The number of allylic oxidation sites excluding steroid dienone is 1. The third kappa shape index (κ3) is 7.50. The standard InChI is InChI=1S/C20H34O4/c1-3-5-6-7-8-9-10-11-12-14-16-15-18(22)19(20(23)24-16)17(21)13-4-2/h16,21H,3-15H2,1-2H3. The lowest BCUT2D eigenvalue weighted by molar-refractivity contribution is -0.151. The van der Waals surface area contributed by atoms with Crippen molar-refractivity contribution in [2.45, 2.75) is 103 Å². The molecule has 0 aliphatic carbocycles. The number of unbranched alkanes of at least 4 members (excludes halogenated alkanes) is 8. The zero-order chi connectivity index (χ0) is 17.8. The predicted molar refractivity (Wildman–Crippen MR) is 95.9 cm³/mol. The summed E-state index contributed by atoms with van der Waals surface area (Å²) in [5.74, 6) is -1.02. The van der Waals surface area contributed by atoms with Crippen molar-refractivity contribution >= 4 is 11.8 Å². The molecule has 1 N–H and O–H groups in total. The maximum absolute atomic E-state index is 12.1. The number of esters is 1. The van der Waals surface area contributed by atoms with Gasteiger partial charge in [-0.2, -0.15) is 0 Å². The Bertz CT molecular complexity index is 405. The second-order valence-electron chi connectivity index (χ2n) is 6.84. The molecule has 1 atom stereocenters. The molecule has 0 aromatic rings. The molecule has 0 aromatic heterocycles. The van der Waals surface area contributed by atoms with E-state index in [0.29, 0.717) is 12.8 Å². The molecule has 1 aliphatic rings. The summed E-state index contributed by atoms with van der Waals surface area (Å²) >= 11 is 0. The summed E-state index contributed by atoms with van der Waals surface area (Å²) < 4.78 is 5.33. The molecule has 0 spiro atoms. The lowest BCUT2D eigenvalue weighted by Crippen LogP contribution is -2.33. The van der Waals surface area contributed by atoms with Crippen molar-refractivity contribution in [2.24, 2.45) is 0 Å². The van der Waals surface area contributed by atoms with Crippen LogP contribution in [0.5, 0.6) is 0 Å². The Labute approximate surface area is 146 Å². The van der Waals surface area contributed by atoms with Gasteiger partial charge in [-0.05, 0) is 19.3 Å². The molecule has 4 nitrogen and oxygen atoms in total. The number of ether oxygens (including phenoxy) is 1. The first-order chi connectivity index (χ1) is 11.6. The maximum Gasteiger partial charge on any atom is 0.345 e. The van der Waals surface area contributed by atoms with E-state index in [0.717, 1.165) is 19.3 Å². The van der Waals surface area contributed by atoms with Crippen LogP contribution in [0.3, 0.4) is 0 Å². The first-order valence-electron chi connectivity index (χ1n) is 9.76. The Balaban J connectivity index is 2.19. The molecule has 1 aliphatic heterocycles. The third-order valence-electron chi connectivity index (χ3n) is 4.57. The van der Waals surface area contributed by atoms with Gasteiger partial charge < -0.3 is 9.84 Å². The summed E-state index contributed by atoms with van der Waals surface area (Å²) in [6, 6.07) is 0. The van der Waals surface area contributed by atoms with E-state index < -0.39 is 5.97 Å². The van der Waals surface area contributed by atoms with Crippen LogP contribution in [0.2, 0.25) is 0 Å². The molecule has 4 heteroatoms. The molecular weight excluding hydrogens is 304 g/mol. The van der Waals surface area contributed by atoms with Gasteiger partial charge in [-0.3, -0.25) is 4.79 Å². The van der Waals surface area contributed by atoms with E-state index in [1.807, 2.05) is 6.92 Å². The van der Waals surface area contributed by atoms with E-state index in [4.69, 9.17) is 4.74 Å². The fraction of sp³-hybridized carbons (Fsp3) is 0.800. The number of cyclic esters (lactones) is 1. The van der Waals surface area contributed by atoms with Crippen molar-refractivity contribution in [1.29, 1.82) is 0 Å². The number of aliphatic hydroxyl groups is 1. The summed E-state index contributed by atoms with van der Waals surface area (Å²) in [6.07, 6.45) is 12.9. The average molecular weight is 338 g/mol. The van der Waals surface area contributed by atoms with Crippen molar-refractivity contribution in [3.05, 3.63) is 11.3 Å². The second-order valence-corrected chi connectivity index (χ2v) is 6.84. The van der Waals surface area contributed by atoms with Crippen LogP contribution in [0.25, 0.3) is 0 Å². The highest BCUT2D eigenvalue weighted by Gasteiger charge is 2.34. The monoisotopic (exact) mass is 338 g/mol. The van der Waals surface area contributed by atoms with Gasteiger partial charge in [0.05, 0.1) is 0 Å². The number of hydrogen-bond donors (Lipinski definition) is 1. The van der Waals surface area contributed by atoms with Gasteiger partial charge in [0.2, 0.25) is 0 Å². The minimum absolute atomic E-state index is 0.117. The summed E-state index contributed by atoms with van der Waals surface area (Å²) in [6.45, 7) is 4.12. The lowest BCUT2D eigenvalue weighted by atomic mass is 9.96. The molecule has 1 heterocycles. The zero-order valence-electron chi connectivity index (χ0n) is 15.4. The van der Waals surface area contributed by atoms with Crippen LogP contribution in [0.4, 0.5) is 0 Å². The van der Waals surface area contributed by atoms with Gasteiger partial charge in [0, 0.05) is 12.8 Å². The SMILES string of the molecule is CCCCCCCCCCCC1CC(=O)C(=C(O)CCC)C(=O)O1. The number of Topliss-reactive ketones (excluding diaryl/α,β-unsaturated/α-hetero) is 1. The highest BCUT2D eigenvalue weighted by Crippen LogP contribution is 2.24. The van der Waals surface area contributed by atoms with Gasteiger partial charge in [-0.15, -0.1) is 0 Å². The van der Waals surface area contributed by atoms with E-state index in [9.17, 15) is 14.7 Å². The molecule has 1 fully saturated rings. The van der Waals surface area contributed by atoms with E-state index in [1.54, 1.807) is 0 Å². The van der Waals surface area contributed by atoms with Crippen LogP contribution >= 0.6 is 0 Å². The minimum atomic E-state index is -0.641. The number of aliphatic hydroxyl groups excluding tert-OH is 1. The normalized spacial score (nSPS) is 20.2. The molecule has 0 saturated carbocycles. The molecule has 1 unspecified atom stereocenters. The molecule has 1 saturated heterocycles. The van der Waals surface area contributed by atoms with Gasteiger partial charge in [0.25, 0.3) is 0 Å². The summed E-state index contributed by atoms with van der Waals surface area (Å²) in [4.78, 5) is 24.0. The molecule has 0 radical (unpaired) electrons. The highest BCUT2D eigenvalue weighted by atomic mass is 16.5. The Morgan fingerprint density at radius 1 is 0.958 bits per heavy atom. The molecule has 138 valence electrons. The Morgan fingerprint density at radius 2 is 1.54 bits per heavy atom.